The average molecular weight is 682 g/mol. The maximum atomic E-state index is 14.3. The van der Waals surface area contributed by atoms with Crippen LogP contribution in [0.1, 0.15) is 71.2 Å². The molecule has 0 bridgehead atoms. The van der Waals surface area contributed by atoms with E-state index in [0.717, 1.165) is 65.5 Å². The molecule has 250 valence electrons. The van der Waals surface area contributed by atoms with Gasteiger partial charge in [0, 0.05) is 36.7 Å². The van der Waals surface area contributed by atoms with Crippen molar-refractivity contribution in [3.63, 3.8) is 0 Å². The van der Waals surface area contributed by atoms with Gasteiger partial charge in [-0.15, -0.1) is 0 Å². The molecule has 7 nitrogen and oxygen atoms in total. The van der Waals surface area contributed by atoms with Crippen LogP contribution in [-0.4, -0.2) is 47.3 Å². The second kappa shape index (κ2) is 15.1. The molecule has 3 aromatic rings. The SMILES string of the molecule is CCCCN1C(=O)C(C2=C(/C=C/c3sc4ccccc4[n+]3CC)CC/C2=C\C=C2\Sc3ccccc3N2CC)C(=O)N(CCCC)C1=O. The number of unbranched alkanes of at least 4 members (excludes halogenated alkanes) is 2. The van der Waals surface area contributed by atoms with Gasteiger partial charge in [-0.2, -0.15) is 4.57 Å². The van der Waals surface area contributed by atoms with Crippen molar-refractivity contribution in [1.29, 1.82) is 0 Å². The van der Waals surface area contributed by atoms with Gasteiger partial charge in [-0.1, -0.05) is 86.2 Å². The number of rotatable bonds is 12. The van der Waals surface area contributed by atoms with Gasteiger partial charge < -0.3 is 4.90 Å². The second-order valence-electron chi connectivity index (χ2n) is 12.3. The maximum Gasteiger partial charge on any atom is 0.333 e. The number of imide groups is 2. The molecule has 48 heavy (non-hydrogen) atoms. The summed E-state index contributed by atoms with van der Waals surface area (Å²) >= 11 is 3.48. The molecule has 6 rings (SSSR count). The van der Waals surface area contributed by atoms with E-state index in [9.17, 15) is 14.4 Å². The van der Waals surface area contributed by atoms with E-state index in [1.54, 1.807) is 23.1 Å². The molecular weight excluding hydrogens is 637 g/mol. The number of barbiturate groups is 1. The van der Waals surface area contributed by atoms with Gasteiger partial charge in [0.1, 0.15) is 17.2 Å². The highest BCUT2D eigenvalue weighted by Gasteiger charge is 2.48. The van der Waals surface area contributed by atoms with Crippen LogP contribution in [0.25, 0.3) is 16.3 Å². The highest BCUT2D eigenvalue weighted by molar-refractivity contribution is 8.03. The number of nitrogens with zero attached hydrogens (tertiary/aromatic N) is 4. The molecule has 1 saturated heterocycles. The van der Waals surface area contributed by atoms with Crippen molar-refractivity contribution in [3.8, 4) is 0 Å². The molecule has 1 aromatic heterocycles. The third kappa shape index (κ3) is 6.42. The summed E-state index contributed by atoms with van der Waals surface area (Å²) in [4.78, 5) is 48.4. The number of benzene rings is 2. The fourth-order valence-corrected chi connectivity index (χ4v) is 9.11. The molecule has 1 fully saturated rings. The largest absolute Gasteiger partial charge is 0.335 e. The summed E-state index contributed by atoms with van der Waals surface area (Å²) in [6.45, 7) is 10.7. The Kier molecular flexibility index (Phi) is 10.7. The normalized spacial score (nSPS) is 19.1. The predicted molar refractivity (Wildman–Crippen MR) is 197 cm³/mol. The van der Waals surface area contributed by atoms with E-state index < -0.39 is 23.8 Å². The van der Waals surface area contributed by atoms with Crippen LogP contribution in [-0.2, 0) is 16.1 Å². The molecule has 0 radical (unpaired) electrons. The van der Waals surface area contributed by atoms with E-state index in [1.807, 2.05) is 13.8 Å². The number of carbonyl (C=O) groups is 3. The summed E-state index contributed by atoms with van der Waals surface area (Å²) in [5, 5.41) is 2.24. The third-order valence-electron chi connectivity index (χ3n) is 9.36. The zero-order valence-electron chi connectivity index (χ0n) is 28.4. The number of aromatic nitrogens is 1. The van der Waals surface area contributed by atoms with Crippen LogP contribution in [0.3, 0.4) is 0 Å². The number of aryl methyl sites for hydroxylation is 1. The standard InChI is InChI=1S/C39H45N4O3S2/c1-5-9-25-42-37(44)36(38(45)43(39(42)46)26-10-6-2)35-27(21-23-33-40(7-3)29-15-11-13-17-31(29)47-33)19-20-28(35)22-24-34-41(8-4)30-16-12-14-18-32(30)48-34/h11-18,21-24,36H,5-10,19-20,25-26H2,1-4H3/q+1. The quantitative estimate of drug-likeness (QED) is 0.141. The zero-order chi connectivity index (χ0) is 33.8. The Hall–Kier alpha value is -3.95. The Morgan fingerprint density at radius 2 is 1.50 bits per heavy atom. The molecule has 2 aromatic carbocycles. The second-order valence-corrected chi connectivity index (χ2v) is 14.5. The number of urea groups is 1. The highest BCUT2D eigenvalue weighted by atomic mass is 32.2. The Morgan fingerprint density at radius 1 is 0.812 bits per heavy atom. The van der Waals surface area contributed by atoms with Gasteiger partial charge in [0.2, 0.25) is 17.3 Å². The predicted octanol–water partition coefficient (Wildman–Crippen LogP) is 8.72. The summed E-state index contributed by atoms with van der Waals surface area (Å²) in [5.74, 6) is -1.83. The fraction of sp³-hybridized carbons (Fsp3) is 0.385. The number of thiazole rings is 1. The van der Waals surface area contributed by atoms with Crippen molar-refractivity contribution in [2.45, 2.75) is 77.7 Å². The first-order chi connectivity index (χ1) is 23.4. The van der Waals surface area contributed by atoms with E-state index in [4.69, 9.17) is 0 Å². The molecule has 9 heteroatoms. The number of anilines is 1. The maximum absolute atomic E-state index is 14.3. The van der Waals surface area contributed by atoms with Crippen LogP contribution in [0.4, 0.5) is 10.5 Å². The van der Waals surface area contributed by atoms with E-state index in [0.29, 0.717) is 25.9 Å². The summed E-state index contributed by atoms with van der Waals surface area (Å²) in [7, 11) is 0. The van der Waals surface area contributed by atoms with Gasteiger partial charge in [-0.3, -0.25) is 19.4 Å². The molecule has 3 aliphatic rings. The van der Waals surface area contributed by atoms with Crippen molar-refractivity contribution in [2.24, 2.45) is 5.92 Å². The summed E-state index contributed by atoms with van der Waals surface area (Å²) in [6, 6.07) is 16.4. The number of fused-ring (bicyclic) bond motifs is 2. The lowest BCUT2D eigenvalue weighted by atomic mass is 9.87. The Bertz CT molecular complexity index is 1820. The van der Waals surface area contributed by atoms with E-state index in [-0.39, 0.29) is 0 Å². The van der Waals surface area contributed by atoms with Gasteiger partial charge in [0.05, 0.1) is 10.7 Å². The number of allylic oxidation sites excluding steroid dienone is 5. The van der Waals surface area contributed by atoms with E-state index in [2.05, 4.69) is 96.1 Å². The Labute approximate surface area is 292 Å². The number of hydrogen-bond acceptors (Lipinski definition) is 6. The Balaban J connectivity index is 1.46. The van der Waals surface area contributed by atoms with Crippen molar-refractivity contribution in [3.05, 3.63) is 93.5 Å². The van der Waals surface area contributed by atoms with Crippen LogP contribution < -0.4 is 9.47 Å². The summed E-state index contributed by atoms with van der Waals surface area (Å²) in [6.07, 6.45) is 13.0. The molecule has 0 saturated carbocycles. The molecule has 0 N–H and O–H groups in total. The minimum atomic E-state index is -1.04. The lowest BCUT2D eigenvalue weighted by molar-refractivity contribution is -0.665. The fourth-order valence-electron chi connectivity index (χ4n) is 6.85. The van der Waals surface area contributed by atoms with Crippen molar-refractivity contribution in [1.82, 2.24) is 9.80 Å². The van der Waals surface area contributed by atoms with Crippen LogP contribution >= 0.6 is 23.1 Å². The number of thioether (sulfide) groups is 1. The van der Waals surface area contributed by atoms with Gasteiger partial charge in [-0.25, -0.2) is 4.79 Å². The number of para-hydroxylation sites is 2. The number of carbonyl (C=O) groups excluding carboxylic acids is 3. The van der Waals surface area contributed by atoms with Crippen molar-refractivity contribution in [2.75, 3.05) is 24.5 Å². The van der Waals surface area contributed by atoms with Gasteiger partial charge in [0.15, 0.2) is 0 Å². The molecule has 0 unspecified atom stereocenters. The van der Waals surface area contributed by atoms with Crippen LogP contribution in [0.2, 0.25) is 0 Å². The van der Waals surface area contributed by atoms with Gasteiger partial charge in [-0.05, 0) is 80.5 Å². The average Bonchev–Trinajstić information content (AvgIpc) is 3.78. The number of amides is 4. The molecule has 0 atom stereocenters. The van der Waals surface area contributed by atoms with Crippen molar-refractivity contribution < 1.29 is 19.0 Å². The molecule has 4 amide bonds. The molecule has 1 aliphatic carbocycles. The summed E-state index contributed by atoms with van der Waals surface area (Å²) in [5.41, 5.74) is 5.13. The van der Waals surface area contributed by atoms with Crippen molar-refractivity contribution >= 4 is 62.9 Å². The topological polar surface area (TPSA) is 64.8 Å². The Morgan fingerprint density at radius 3 is 2.19 bits per heavy atom. The third-order valence-corrected chi connectivity index (χ3v) is 11.6. The van der Waals surface area contributed by atoms with E-state index in [1.165, 1.54) is 30.6 Å². The van der Waals surface area contributed by atoms with Gasteiger partial charge in [0.25, 0.3) is 5.01 Å². The monoisotopic (exact) mass is 681 g/mol. The smallest absolute Gasteiger partial charge is 0.333 e. The lowest BCUT2D eigenvalue weighted by Crippen LogP contribution is -2.60. The molecule has 2 aliphatic heterocycles. The highest BCUT2D eigenvalue weighted by Crippen LogP contribution is 2.46. The number of hydrogen-bond donors (Lipinski definition) is 0. The molecule has 0 spiro atoms. The minimum absolute atomic E-state index is 0.320. The molecular formula is C39H45N4O3S2+. The van der Waals surface area contributed by atoms with Crippen LogP contribution in [0.15, 0.2) is 93.4 Å². The van der Waals surface area contributed by atoms with Gasteiger partial charge >= 0.3 is 6.03 Å². The molecule has 3 heterocycles. The first-order valence-electron chi connectivity index (χ1n) is 17.4. The first kappa shape index (κ1) is 33.9. The van der Waals surface area contributed by atoms with Crippen LogP contribution in [0.5, 0.6) is 0 Å². The summed E-state index contributed by atoms with van der Waals surface area (Å²) < 4.78 is 3.52. The van der Waals surface area contributed by atoms with E-state index >= 15 is 0 Å². The zero-order valence-corrected chi connectivity index (χ0v) is 30.0. The minimum Gasteiger partial charge on any atom is -0.335 e. The van der Waals surface area contributed by atoms with Crippen LogP contribution in [0, 0.1) is 5.92 Å². The first-order valence-corrected chi connectivity index (χ1v) is 19.0. The lowest BCUT2D eigenvalue weighted by Gasteiger charge is -2.38.